The van der Waals surface area contributed by atoms with Crippen LogP contribution in [0.1, 0.15) is 58.2 Å². The summed E-state index contributed by atoms with van der Waals surface area (Å²) < 4.78 is 28.1. The summed E-state index contributed by atoms with van der Waals surface area (Å²) in [6, 6.07) is 4.06. The molecule has 0 atom stereocenters. The van der Waals surface area contributed by atoms with Crippen molar-refractivity contribution in [1.29, 1.82) is 0 Å². The summed E-state index contributed by atoms with van der Waals surface area (Å²) in [4.78, 5) is 31.0. The third kappa shape index (κ3) is 11.4. The molecule has 0 spiro atoms. The van der Waals surface area contributed by atoms with Gasteiger partial charge in [-0.1, -0.05) is 41.5 Å². The van der Waals surface area contributed by atoms with Crippen LogP contribution >= 0.6 is 15.6 Å². The van der Waals surface area contributed by atoms with Gasteiger partial charge in [0.15, 0.2) is 0 Å². The van der Waals surface area contributed by atoms with Gasteiger partial charge >= 0.3 is 15.6 Å². The lowest BCUT2D eigenvalue weighted by Crippen LogP contribution is -2.39. The van der Waals surface area contributed by atoms with Gasteiger partial charge in [-0.3, -0.25) is 0 Å². The van der Waals surface area contributed by atoms with Crippen LogP contribution < -0.4 is 4.74 Å². The minimum atomic E-state index is -5.05. The Hall–Kier alpha value is -0.840. The number of hydrogen-bond donors (Lipinski definition) is 7. The van der Waals surface area contributed by atoms with E-state index >= 15 is 0 Å². The van der Waals surface area contributed by atoms with Gasteiger partial charge in [0, 0.05) is 0 Å². The van der Waals surface area contributed by atoms with Crippen LogP contribution in [-0.2, 0) is 24.3 Å². The molecule has 1 rings (SSSR count). The highest BCUT2D eigenvalue weighted by Crippen LogP contribution is 2.53. The molecule has 0 aliphatic rings. The summed E-state index contributed by atoms with van der Waals surface area (Å²) in [5.74, 6) is 0.704. The van der Waals surface area contributed by atoms with E-state index in [2.05, 4.69) is 52.8 Å². The molecule has 0 saturated heterocycles. The van der Waals surface area contributed by atoms with Crippen molar-refractivity contribution in [3.05, 3.63) is 28.8 Å². The van der Waals surface area contributed by atoms with Gasteiger partial charge in [0.05, 0.1) is 25.2 Å². The number of benzene rings is 1. The third-order valence-electron chi connectivity index (χ3n) is 4.76. The Kier molecular flexibility index (Phi) is 11.4. The summed E-state index contributed by atoms with van der Waals surface area (Å²) in [7, 11) is -10.1. The van der Waals surface area contributed by atoms with Crippen molar-refractivity contribution in [1.82, 2.24) is 0 Å². The first-order chi connectivity index (χ1) is 14.6. The van der Waals surface area contributed by atoms with E-state index in [4.69, 9.17) is 24.3 Å². The van der Waals surface area contributed by atoms with Gasteiger partial charge in [-0.2, -0.15) is 4.31 Å². The van der Waals surface area contributed by atoms with Gasteiger partial charge in [-0.25, -0.2) is 9.13 Å². The molecule has 0 aliphatic heterocycles. The fourth-order valence-electron chi connectivity index (χ4n) is 2.99. The Labute approximate surface area is 194 Å². The van der Waals surface area contributed by atoms with E-state index in [1.165, 1.54) is 16.7 Å². The standard InChI is InChI=1S/C20H34O4.H4O7P2/c1-14-16(18(2,3)4)8-15(9-17(14)19(5,6)7)24-13-20(10-21,11-22)12-23;1-8(2,3)7-9(4,5)6/h8-9,21-23H,10-13H2,1-7H3;(H2,1,2,3)(H2,4,5,6). The van der Waals surface area contributed by atoms with Crippen LogP contribution in [0.4, 0.5) is 0 Å². The van der Waals surface area contributed by atoms with Crippen molar-refractivity contribution in [3.8, 4) is 5.75 Å². The second-order valence-corrected chi connectivity index (χ2v) is 12.6. The summed E-state index contributed by atoms with van der Waals surface area (Å²) in [6.07, 6.45) is 0. The van der Waals surface area contributed by atoms with E-state index in [9.17, 15) is 24.4 Å². The zero-order chi connectivity index (χ0) is 26.5. The van der Waals surface area contributed by atoms with Crippen LogP contribution in [0.5, 0.6) is 5.75 Å². The van der Waals surface area contributed by atoms with E-state index in [0.29, 0.717) is 5.75 Å². The van der Waals surface area contributed by atoms with Gasteiger partial charge in [0.2, 0.25) is 0 Å². The first-order valence-electron chi connectivity index (χ1n) is 10.0. The minimum Gasteiger partial charge on any atom is -0.493 e. The van der Waals surface area contributed by atoms with E-state index < -0.39 is 21.1 Å². The number of ether oxygens (including phenoxy) is 1. The molecule has 0 aromatic heterocycles. The van der Waals surface area contributed by atoms with Crippen molar-refractivity contribution in [2.24, 2.45) is 5.41 Å². The van der Waals surface area contributed by atoms with Crippen LogP contribution in [0.15, 0.2) is 12.1 Å². The molecular formula is C20H38O11P2. The van der Waals surface area contributed by atoms with Crippen molar-refractivity contribution >= 4 is 15.6 Å². The van der Waals surface area contributed by atoms with E-state index in [1.54, 1.807) is 0 Å². The Morgan fingerprint density at radius 2 is 1.09 bits per heavy atom. The highest BCUT2D eigenvalue weighted by atomic mass is 31.3. The lowest BCUT2D eigenvalue weighted by molar-refractivity contribution is -0.0259. The maximum atomic E-state index is 9.63. The quantitative estimate of drug-likeness (QED) is 0.250. The lowest BCUT2D eigenvalue weighted by atomic mass is 9.76. The second-order valence-electron chi connectivity index (χ2n) is 9.97. The molecule has 13 heteroatoms. The predicted octanol–water partition coefficient (Wildman–Crippen LogP) is 2.12. The minimum absolute atomic E-state index is 0.0223. The van der Waals surface area contributed by atoms with Gasteiger partial charge in [-0.05, 0) is 46.6 Å². The highest BCUT2D eigenvalue weighted by molar-refractivity contribution is 7.60. The van der Waals surface area contributed by atoms with Crippen molar-refractivity contribution in [2.75, 3.05) is 26.4 Å². The number of rotatable bonds is 8. The molecule has 11 nitrogen and oxygen atoms in total. The third-order valence-corrected chi connectivity index (χ3v) is 6.46. The van der Waals surface area contributed by atoms with Gasteiger partial charge in [0.1, 0.15) is 12.4 Å². The zero-order valence-corrected chi connectivity index (χ0v) is 21.9. The molecule has 0 fully saturated rings. The topological polar surface area (TPSA) is 194 Å². The van der Waals surface area contributed by atoms with E-state index in [0.717, 1.165) is 0 Å². The average Bonchev–Trinajstić information content (AvgIpc) is 2.59. The normalized spacial score (nSPS) is 13.4. The van der Waals surface area contributed by atoms with E-state index in [1.807, 2.05) is 12.1 Å². The smallest absolute Gasteiger partial charge is 0.478 e. The Morgan fingerprint density at radius 3 is 1.30 bits per heavy atom. The first-order valence-corrected chi connectivity index (χ1v) is 13.1. The fraction of sp³-hybridized carbons (Fsp3) is 0.700. The van der Waals surface area contributed by atoms with E-state index in [-0.39, 0.29) is 37.3 Å². The molecule has 0 radical (unpaired) electrons. The summed E-state index contributed by atoms with van der Waals surface area (Å²) >= 11 is 0. The Balaban J connectivity index is 0.000000960. The fourth-order valence-corrected chi connectivity index (χ4v) is 4.10. The monoisotopic (exact) mass is 516 g/mol. The van der Waals surface area contributed by atoms with Crippen LogP contribution in [0.2, 0.25) is 0 Å². The molecular weight excluding hydrogens is 478 g/mol. The summed E-state index contributed by atoms with van der Waals surface area (Å²) in [5, 5.41) is 28.4. The van der Waals surface area contributed by atoms with Crippen molar-refractivity contribution in [2.45, 2.75) is 59.3 Å². The number of aliphatic hydroxyl groups excluding tert-OH is 3. The zero-order valence-electron chi connectivity index (χ0n) is 20.1. The molecule has 194 valence electrons. The SMILES string of the molecule is Cc1c(C(C)(C)C)cc(OCC(CO)(CO)CO)cc1C(C)(C)C.O=P(O)(O)OP(=O)(O)O. The largest absolute Gasteiger partial charge is 0.493 e. The molecule has 33 heavy (non-hydrogen) atoms. The van der Waals surface area contributed by atoms with Gasteiger partial charge < -0.3 is 39.6 Å². The molecule has 0 aliphatic carbocycles. The molecule has 0 amide bonds. The van der Waals surface area contributed by atoms with Crippen LogP contribution in [-0.4, -0.2) is 61.3 Å². The Morgan fingerprint density at radius 1 is 0.758 bits per heavy atom. The second kappa shape index (κ2) is 11.7. The lowest BCUT2D eigenvalue weighted by Gasteiger charge is -2.31. The highest BCUT2D eigenvalue weighted by Gasteiger charge is 2.31. The molecule has 0 saturated carbocycles. The van der Waals surface area contributed by atoms with Crippen LogP contribution in [0.3, 0.4) is 0 Å². The predicted molar refractivity (Wildman–Crippen MR) is 123 cm³/mol. The number of aliphatic hydroxyl groups is 3. The maximum Gasteiger partial charge on any atom is 0.478 e. The van der Waals surface area contributed by atoms with Crippen molar-refractivity contribution < 1.29 is 53.1 Å². The Bertz CT molecular complexity index is 792. The number of hydrogen-bond acceptors (Lipinski definition) is 7. The van der Waals surface area contributed by atoms with Crippen LogP contribution in [0, 0.1) is 12.3 Å². The first kappa shape index (κ1) is 32.2. The average molecular weight is 516 g/mol. The molecule has 0 bridgehead atoms. The summed E-state index contributed by atoms with van der Waals surface area (Å²) in [5.41, 5.74) is 2.62. The molecule has 7 N–H and O–H groups in total. The van der Waals surface area contributed by atoms with Gasteiger partial charge in [0.25, 0.3) is 0 Å². The van der Waals surface area contributed by atoms with Crippen molar-refractivity contribution in [3.63, 3.8) is 0 Å². The van der Waals surface area contributed by atoms with Crippen LogP contribution in [0.25, 0.3) is 0 Å². The van der Waals surface area contributed by atoms with Gasteiger partial charge in [-0.15, -0.1) is 0 Å². The molecule has 0 unspecified atom stereocenters. The maximum absolute atomic E-state index is 9.63. The molecule has 1 aromatic carbocycles. The summed E-state index contributed by atoms with van der Waals surface area (Å²) in [6.45, 7) is 14.2. The molecule has 1 aromatic rings. The number of phosphoric acid groups is 2. The molecule has 0 heterocycles.